The number of nitrogens with one attached hydrogen (secondary N) is 3. The van der Waals surface area contributed by atoms with Crippen molar-refractivity contribution in [1.29, 1.82) is 0 Å². The van der Waals surface area contributed by atoms with E-state index in [2.05, 4.69) is 50.9 Å². The third-order valence-corrected chi connectivity index (χ3v) is 6.28. The Hall–Kier alpha value is -3.02. The van der Waals surface area contributed by atoms with Crippen molar-refractivity contribution in [2.24, 2.45) is 5.92 Å². The molecule has 0 saturated carbocycles. The van der Waals surface area contributed by atoms with E-state index in [1.807, 2.05) is 18.2 Å². The second-order valence-corrected chi connectivity index (χ2v) is 8.36. The minimum absolute atomic E-state index is 0.0516. The molecule has 6 nitrogen and oxygen atoms in total. The number of nitrogens with zero attached hydrogens (tertiary/aromatic N) is 2. The number of hydrogen-bond donors (Lipinski definition) is 3. The Morgan fingerprint density at radius 1 is 1.21 bits per heavy atom. The lowest BCUT2D eigenvalue weighted by Gasteiger charge is -2.34. The van der Waals surface area contributed by atoms with Crippen molar-refractivity contribution in [3.05, 3.63) is 53.7 Å². The molecule has 150 valence electrons. The van der Waals surface area contributed by atoms with Gasteiger partial charge in [-0.25, -0.2) is 4.79 Å². The average molecular weight is 390 g/mol. The zero-order valence-electron chi connectivity index (χ0n) is 16.7. The predicted octanol–water partition coefficient (Wildman–Crippen LogP) is 4.61. The van der Waals surface area contributed by atoms with Crippen molar-refractivity contribution in [3.63, 3.8) is 0 Å². The molecule has 2 unspecified atom stereocenters. The molecule has 6 heteroatoms. The van der Waals surface area contributed by atoms with Gasteiger partial charge in [0.15, 0.2) is 0 Å². The maximum Gasteiger partial charge on any atom is 0.319 e. The lowest BCUT2D eigenvalue weighted by molar-refractivity contribution is 0.248. The third kappa shape index (κ3) is 3.43. The summed E-state index contributed by atoms with van der Waals surface area (Å²) in [6.07, 6.45) is 6.27. The van der Waals surface area contributed by atoms with Crippen molar-refractivity contribution < 1.29 is 4.79 Å². The highest BCUT2D eigenvalue weighted by Gasteiger charge is 2.28. The number of hydrogen-bond acceptors (Lipinski definition) is 3. The largest absolute Gasteiger partial charge is 0.371 e. The third-order valence-electron chi connectivity index (χ3n) is 6.28. The van der Waals surface area contributed by atoms with Gasteiger partial charge in [-0.05, 0) is 60.9 Å². The smallest absolute Gasteiger partial charge is 0.319 e. The van der Waals surface area contributed by atoms with E-state index in [-0.39, 0.29) is 12.1 Å². The summed E-state index contributed by atoms with van der Waals surface area (Å²) in [5.41, 5.74) is 5.71. The van der Waals surface area contributed by atoms with E-state index in [0.29, 0.717) is 0 Å². The fourth-order valence-corrected chi connectivity index (χ4v) is 4.88. The summed E-state index contributed by atoms with van der Waals surface area (Å²) in [6, 6.07) is 12.2. The van der Waals surface area contributed by atoms with Crippen molar-refractivity contribution in [2.75, 3.05) is 23.3 Å². The van der Waals surface area contributed by atoms with Crippen molar-refractivity contribution in [3.8, 4) is 0 Å². The summed E-state index contributed by atoms with van der Waals surface area (Å²) in [5.74, 6) is 0.742. The van der Waals surface area contributed by atoms with Crippen LogP contribution in [0.25, 0.3) is 10.9 Å². The second kappa shape index (κ2) is 7.43. The van der Waals surface area contributed by atoms with Gasteiger partial charge in [-0.15, -0.1) is 0 Å². The molecule has 29 heavy (non-hydrogen) atoms. The molecule has 2 aliphatic rings. The van der Waals surface area contributed by atoms with Gasteiger partial charge in [0.2, 0.25) is 0 Å². The lowest BCUT2D eigenvalue weighted by Crippen LogP contribution is -2.35. The molecule has 0 bridgehead atoms. The molecule has 1 aromatic heterocycles. The Morgan fingerprint density at radius 3 is 3.00 bits per heavy atom. The van der Waals surface area contributed by atoms with Crippen LogP contribution >= 0.6 is 0 Å². The first-order valence-electron chi connectivity index (χ1n) is 10.6. The molecule has 5 rings (SSSR count). The fourth-order valence-electron chi connectivity index (χ4n) is 4.88. The van der Waals surface area contributed by atoms with Gasteiger partial charge in [0.1, 0.15) is 0 Å². The number of piperidine rings is 1. The number of benzene rings is 2. The normalized spacial score (nSPS) is 21.2. The Labute approximate surface area is 170 Å². The van der Waals surface area contributed by atoms with E-state index >= 15 is 0 Å². The van der Waals surface area contributed by atoms with Crippen LogP contribution in [0.2, 0.25) is 0 Å². The van der Waals surface area contributed by atoms with E-state index in [0.717, 1.165) is 48.4 Å². The standard InChI is InChI=1S/C23H27N5O/c1-15-5-4-12-28(14-15)22-9-2-6-16-17(22)10-11-20(16)26-23(29)25-19-7-3-8-21-18(19)13-24-27-21/h2-3,6-9,13,15,20H,4-5,10-12,14H2,1H3,(H,24,27)(H2,25,26,29). The molecule has 0 radical (unpaired) electrons. The summed E-state index contributed by atoms with van der Waals surface area (Å²) < 4.78 is 0. The van der Waals surface area contributed by atoms with Gasteiger partial charge in [-0.2, -0.15) is 5.10 Å². The molecule has 1 aliphatic carbocycles. The number of carbonyl (C=O) groups is 1. The number of rotatable bonds is 3. The highest BCUT2D eigenvalue weighted by Crippen LogP contribution is 2.38. The lowest BCUT2D eigenvalue weighted by atomic mass is 9.98. The summed E-state index contributed by atoms with van der Waals surface area (Å²) in [6.45, 7) is 4.60. The van der Waals surface area contributed by atoms with E-state index in [4.69, 9.17) is 0 Å². The van der Waals surface area contributed by atoms with Gasteiger partial charge in [-0.3, -0.25) is 5.10 Å². The molecule has 0 spiro atoms. The summed E-state index contributed by atoms with van der Waals surface area (Å²) in [4.78, 5) is 15.2. The van der Waals surface area contributed by atoms with E-state index in [1.54, 1.807) is 6.20 Å². The van der Waals surface area contributed by atoms with E-state index in [9.17, 15) is 4.79 Å². The number of amides is 2. The molecule has 1 fully saturated rings. The summed E-state index contributed by atoms with van der Waals surface area (Å²) >= 11 is 0. The Morgan fingerprint density at radius 2 is 2.10 bits per heavy atom. The van der Waals surface area contributed by atoms with Gasteiger partial charge in [0.25, 0.3) is 0 Å². The molecule has 3 aromatic rings. The molecule has 3 N–H and O–H groups in total. The van der Waals surface area contributed by atoms with Crippen LogP contribution in [-0.2, 0) is 6.42 Å². The van der Waals surface area contributed by atoms with Crippen LogP contribution in [0.1, 0.15) is 43.4 Å². The highest BCUT2D eigenvalue weighted by atomic mass is 16.2. The minimum atomic E-state index is -0.173. The van der Waals surface area contributed by atoms with Crippen LogP contribution in [0.5, 0.6) is 0 Å². The summed E-state index contributed by atoms with van der Waals surface area (Å²) in [5, 5.41) is 14.1. The van der Waals surface area contributed by atoms with E-state index < -0.39 is 0 Å². The number of urea groups is 1. The van der Waals surface area contributed by atoms with Crippen LogP contribution in [0.4, 0.5) is 16.2 Å². The first kappa shape index (κ1) is 18.0. The average Bonchev–Trinajstić information content (AvgIpc) is 3.36. The molecular formula is C23H27N5O. The maximum atomic E-state index is 12.7. The van der Waals surface area contributed by atoms with Crippen molar-refractivity contribution >= 4 is 28.3 Å². The number of aromatic amines is 1. The van der Waals surface area contributed by atoms with Crippen LogP contribution in [0.15, 0.2) is 42.6 Å². The monoisotopic (exact) mass is 389 g/mol. The van der Waals surface area contributed by atoms with Crippen LogP contribution in [0.3, 0.4) is 0 Å². The van der Waals surface area contributed by atoms with Gasteiger partial charge in [0, 0.05) is 24.2 Å². The number of fused-ring (bicyclic) bond motifs is 2. The van der Waals surface area contributed by atoms with Gasteiger partial charge >= 0.3 is 6.03 Å². The first-order chi connectivity index (χ1) is 14.2. The Bertz CT molecular complexity index is 1040. The first-order valence-corrected chi connectivity index (χ1v) is 10.6. The second-order valence-electron chi connectivity index (χ2n) is 8.36. The molecule has 2 aromatic carbocycles. The minimum Gasteiger partial charge on any atom is -0.371 e. The van der Waals surface area contributed by atoms with Crippen molar-refractivity contribution in [1.82, 2.24) is 15.5 Å². The van der Waals surface area contributed by atoms with Gasteiger partial charge < -0.3 is 15.5 Å². The van der Waals surface area contributed by atoms with Crippen LogP contribution in [0, 0.1) is 5.92 Å². The molecule has 1 aliphatic heterocycles. The molecule has 2 atom stereocenters. The Kier molecular flexibility index (Phi) is 4.62. The van der Waals surface area contributed by atoms with Crippen LogP contribution < -0.4 is 15.5 Å². The molecule has 2 amide bonds. The molecular weight excluding hydrogens is 362 g/mol. The highest BCUT2D eigenvalue weighted by molar-refractivity contribution is 6.00. The zero-order chi connectivity index (χ0) is 19.8. The Balaban J connectivity index is 1.32. The van der Waals surface area contributed by atoms with Gasteiger partial charge in [0.05, 0.1) is 23.4 Å². The number of anilines is 2. The molecule has 2 heterocycles. The van der Waals surface area contributed by atoms with E-state index in [1.165, 1.54) is 29.7 Å². The van der Waals surface area contributed by atoms with Gasteiger partial charge in [-0.1, -0.05) is 25.1 Å². The summed E-state index contributed by atoms with van der Waals surface area (Å²) in [7, 11) is 0. The maximum absolute atomic E-state index is 12.7. The zero-order valence-corrected chi connectivity index (χ0v) is 16.7. The number of carbonyl (C=O) groups excluding carboxylic acids is 1. The number of aromatic nitrogens is 2. The predicted molar refractivity (Wildman–Crippen MR) is 116 cm³/mol. The van der Waals surface area contributed by atoms with Crippen LogP contribution in [-0.4, -0.2) is 29.3 Å². The fraction of sp³-hybridized carbons (Fsp3) is 0.391. The molecule has 1 saturated heterocycles. The SMILES string of the molecule is CC1CCCN(c2cccc3c2CCC3NC(=O)Nc2cccc3[nH]ncc23)C1. The topological polar surface area (TPSA) is 73.1 Å². The quantitative estimate of drug-likeness (QED) is 0.612. The number of H-pyrrole nitrogens is 1. The van der Waals surface area contributed by atoms with Crippen molar-refractivity contribution in [2.45, 2.75) is 38.6 Å².